The molecule has 0 bridgehead atoms. The second-order valence-electron chi connectivity index (χ2n) is 4.76. The Morgan fingerprint density at radius 2 is 1.83 bits per heavy atom. The van der Waals surface area contributed by atoms with Crippen molar-refractivity contribution < 1.29 is 4.92 Å². The van der Waals surface area contributed by atoms with E-state index in [9.17, 15) is 10.1 Å². The zero-order chi connectivity index (χ0) is 16.4. The summed E-state index contributed by atoms with van der Waals surface area (Å²) in [6.07, 6.45) is 0. The summed E-state index contributed by atoms with van der Waals surface area (Å²) in [6.45, 7) is 0.408. The molecule has 1 aromatic heterocycles. The van der Waals surface area contributed by atoms with E-state index in [2.05, 4.69) is 10.3 Å². The fourth-order valence-corrected chi connectivity index (χ4v) is 2.70. The monoisotopic (exact) mass is 348 g/mol. The van der Waals surface area contributed by atoms with Crippen molar-refractivity contribution in [3.05, 3.63) is 74.4 Å². The lowest BCUT2D eigenvalue weighted by molar-refractivity contribution is -0.384. The van der Waals surface area contributed by atoms with E-state index in [0.717, 1.165) is 5.56 Å². The Kier molecular flexibility index (Phi) is 4.27. The third-order valence-electron chi connectivity index (χ3n) is 3.27. The van der Waals surface area contributed by atoms with Gasteiger partial charge in [0.1, 0.15) is 11.3 Å². The molecule has 0 aliphatic heterocycles. The smallest absolute Gasteiger partial charge is 0.258 e. The first kappa shape index (κ1) is 15.5. The molecule has 116 valence electrons. The lowest BCUT2D eigenvalue weighted by atomic mass is 10.1. The van der Waals surface area contributed by atoms with Crippen LogP contribution in [0.5, 0.6) is 0 Å². The van der Waals surface area contributed by atoms with Gasteiger partial charge in [-0.3, -0.25) is 10.1 Å². The molecule has 0 amide bonds. The SMILES string of the molecule is O=[N+]([O-])c1cccc(Cl)c1-c1nnn(Cc2ccccc2)c1Cl. The molecule has 3 aromatic rings. The average molecular weight is 349 g/mol. The molecule has 8 heteroatoms. The number of nitrogens with zero attached hydrogens (tertiary/aromatic N) is 4. The molecule has 0 N–H and O–H groups in total. The summed E-state index contributed by atoms with van der Waals surface area (Å²) >= 11 is 12.4. The lowest BCUT2D eigenvalue weighted by Gasteiger charge is -2.04. The van der Waals surface area contributed by atoms with Gasteiger partial charge in [0.2, 0.25) is 0 Å². The molecule has 2 aromatic carbocycles. The first-order valence-corrected chi connectivity index (χ1v) is 7.39. The first-order valence-electron chi connectivity index (χ1n) is 6.64. The third kappa shape index (κ3) is 3.04. The number of benzene rings is 2. The number of halogens is 2. The minimum Gasteiger partial charge on any atom is -0.258 e. The van der Waals surface area contributed by atoms with Crippen LogP contribution in [0.2, 0.25) is 10.2 Å². The van der Waals surface area contributed by atoms with E-state index >= 15 is 0 Å². The van der Waals surface area contributed by atoms with E-state index in [0.29, 0.717) is 6.54 Å². The van der Waals surface area contributed by atoms with Crippen LogP contribution in [0.3, 0.4) is 0 Å². The molecule has 6 nitrogen and oxygen atoms in total. The molecule has 0 unspecified atom stereocenters. The van der Waals surface area contributed by atoms with E-state index < -0.39 is 4.92 Å². The number of hydrogen-bond donors (Lipinski definition) is 0. The standard InChI is InChI=1S/C15H10Cl2N4O2/c16-11-7-4-8-12(21(22)23)13(11)14-15(17)20(19-18-14)9-10-5-2-1-3-6-10/h1-8H,9H2. The molecular weight excluding hydrogens is 339 g/mol. The van der Waals surface area contributed by atoms with Crippen LogP contribution in [0.25, 0.3) is 11.3 Å². The highest BCUT2D eigenvalue weighted by molar-refractivity contribution is 6.36. The van der Waals surface area contributed by atoms with Gasteiger partial charge in [-0.1, -0.05) is 64.8 Å². The molecule has 0 spiro atoms. The third-order valence-corrected chi connectivity index (χ3v) is 3.96. The minimum absolute atomic E-state index is 0.161. The zero-order valence-corrected chi connectivity index (χ0v) is 13.2. The van der Waals surface area contributed by atoms with Crippen LogP contribution in [0.1, 0.15) is 5.56 Å². The maximum atomic E-state index is 11.2. The molecule has 0 fully saturated rings. The van der Waals surface area contributed by atoms with E-state index in [-0.39, 0.29) is 27.1 Å². The number of aromatic nitrogens is 3. The quantitative estimate of drug-likeness (QED) is 0.522. The van der Waals surface area contributed by atoms with Gasteiger partial charge in [0.05, 0.1) is 16.5 Å². The van der Waals surface area contributed by atoms with Crippen molar-refractivity contribution in [1.29, 1.82) is 0 Å². The fraction of sp³-hybridized carbons (Fsp3) is 0.0667. The largest absolute Gasteiger partial charge is 0.280 e. The maximum Gasteiger partial charge on any atom is 0.280 e. The van der Waals surface area contributed by atoms with Crippen LogP contribution >= 0.6 is 23.2 Å². The summed E-state index contributed by atoms with van der Waals surface area (Å²) in [7, 11) is 0. The van der Waals surface area contributed by atoms with E-state index in [4.69, 9.17) is 23.2 Å². The Morgan fingerprint density at radius 3 is 2.52 bits per heavy atom. The van der Waals surface area contributed by atoms with Crippen molar-refractivity contribution in [2.75, 3.05) is 0 Å². The Labute approximate surface area is 141 Å². The first-order chi connectivity index (χ1) is 11.1. The Balaban J connectivity index is 2.05. The van der Waals surface area contributed by atoms with Gasteiger partial charge >= 0.3 is 0 Å². The maximum absolute atomic E-state index is 11.2. The molecule has 23 heavy (non-hydrogen) atoms. The summed E-state index contributed by atoms with van der Waals surface area (Å²) in [6, 6.07) is 14.0. The molecule has 0 saturated heterocycles. The number of nitro benzene ring substituents is 1. The second kappa shape index (κ2) is 6.36. The van der Waals surface area contributed by atoms with Crippen LogP contribution in [0.15, 0.2) is 48.5 Å². The van der Waals surface area contributed by atoms with Gasteiger partial charge in [-0.25, -0.2) is 4.68 Å². The van der Waals surface area contributed by atoms with Crippen LogP contribution in [0, 0.1) is 10.1 Å². The molecule has 1 heterocycles. The summed E-state index contributed by atoms with van der Waals surface area (Å²) in [5.41, 5.74) is 1.19. The van der Waals surface area contributed by atoms with Gasteiger partial charge in [-0.05, 0) is 11.6 Å². The highest BCUT2D eigenvalue weighted by atomic mass is 35.5. The van der Waals surface area contributed by atoms with Crippen LogP contribution in [0.4, 0.5) is 5.69 Å². The molecule has 0 aliphatic rings. The number of hydrogen-bond acceptors (Lipinski definition) is 4. The lowest BCUT2D eigenvalue weighted by Crippen LogP contribution is -2.01. The predicted octanol–water partition coefficient (Wildman–Crippen LogP) is 4.21. The Morgan fingerprint density at radius 1 is 1.09 bits per heavy atom. The van der Waals surface area contributed by atoms with Crippen LogP contribution < -0.4 is 0 Å². The number of nitro groups is 1. The van der Waals surface area contributed by atoms with Crippen LogP contribution in [-0.2, 0) is 6.54 Å². The van der Waals surface area contributed by atoms with Gasteiger partial charge in [-0.2, -0.15) is 0 Å². The zero-order valence-electron chi connectivity index (χ0n) is 11.7. The van der Waals surface area contributed by atoms with Gasteiger partial charge in [0.25, 0.3) is 5.69 Å². The van der Waals surface area contributed by atoms with Crippen molar-refractivity contribution >= 4 is 28.9 Å². The van der Waals surface area contributed by atoms with Crippen molar-refractivity contribution in [3.8, 4) is 11.3 Å². The van der Waals surface area contributed by atoms with E-state index in [1.165, 1.54) is 16.8 Å². The minimum atomic E-state index is -0.520. The van der Waals surface area contributed by atoms with Gasteiger partial charge in [0, 0.05) is 6.07 Å². The highest BCUT2D eigenvalue weighted by Gasteiger charge is 2.24. The van der Waals surface area contributed by atoms with Gasteiger partial charge in [-0.15, -0.1) is 5.10 Å². The second-order valence-corrected chi connectivity index (χ2v) is 5.53. The topological polar surface area (TPSA) is 73.8 Å². The van der Waals surface area contributed by atoms with Crippen molar-refractivity contribution in [3.63, 3.8) is 0 Å². The van der Waals surface area contributed by atoms with E-state index in [1.807, 2.05) is 30.3 Å². The van der Waals surface area contributed by atoms with Crippen LogP contribution in [-0.4, -0.2) is 19.9 Å². The van der Waals surface area contributed by atoms with E-state index in [1.54, 1.807) is 6.07 Å². The summed E-state index contributed by atoms with van der Waals surface area (Å²) in [4.78, 5) is 10.7. The molecule has 0 saturated carbocycles. The van der Waals surface area contributed by atoms with Crippen molar-refractivity contribution in [2.24, 2.45) is 0 Å². The fourth-order valence-electron chi connectivity index (χ4n) is 2.21. The molecule has 3 rings (SSSR count). The molecular formula is C15H10Cl2N4O2. The van der Waals surface area contributed by atoms with Gasteiger partial charge < -0.3 is 0 Å². The Hall–Kier alpha value is -2.44. The average Bonchev–Trinajstić information content (AvgIpc) is 2.89. The molecule has 0 radical (unpaired) electrons. The predicted molar refractivity (Wildman–Crippen MR) is 87.7 cm³/mol. The summed E-state index contributed by atoms with van der Waals surface area (Å²) < 4.78 is 1.47. The van der Waals surface area contributed by atoms with Crippen molar-refractivity contribution in [1.82, 2.24) is 15.0 Å². The van der Waals surface area contributed by atoms with Gasteiger partial charge in [0.15, 0.2) is 5.15 Å². The normalized spacial score (nSPS) is 10.7. The Bertz CT molecular complexity index is 865. The van der Waals surface area contributed by atoms with Crippen molar-refractivity contribution in [2.45, 2.75) is 6.54 Å². The highest BCUT2D eigenvalue weighted by Crippen LogP contribution is 2.38. The summed E-state index contributed by atoms with van der Waals surface area (Å²) in [5.74, 6) is 0. The summed E-state index contributed by atoms with van der Waals surface area (Å²) in [5, 5.41) is 19.6. The molecule has 0 atom stereocenters. The number of rotatable bonds is 4. The molecule has 0 aliphatic carbocycles.